The molecule has 2 aliphatic rings. The average molecular weight is 255 g/mol. The molecule has 0 aromatic carbocycles. The van der Waals surface area contributed by atoms with Gasteiger partial charge in [0.25, 0.3) is 0 Å². The third-order valence-corrected chi connectivity index (χ3v) is 4.34. The number of hydrogen-bond acceptors (Lipinski definition) is 2. The van der Waals surface area contributed by atoms with Gasteiger partial charge in [-0.25, -0.2) is 0 Å². The molecule has 0 atom stereocenters. The molecule has 108 valence electrons. The predicted molar refractivity (Wildman–Crippen MR) is 79.0 cm³/mol. The Morgan fingerprint density at radius 1 is 1.06 bits per heavy atom. The van der Waals surface area contributed by atoms with Crippen LogP contribution in [0.2, 0.25) is 0 Å². The maximum Gasteiger partial charge on any atom is 0.0585 e. The Labute approximate surface area is 114 Å². The number of likely N-dealkylation sites (tertiary alicyclic amines) is 1. The van der Waals surface area contributed by atoms with E-state index in [1.54, 1.807) is 0 Å². The zero-order valence-corrected chi connectivity index (χ0v) is 13.0. The van der Waals surface area contributed by atoms with E-state index in [2.05, 4.69) is 18.7 Å². The van der Waals surface area contributed by atoms with Crippen molar-refractivity contribution in [2.75, 3.05) is 26.2 Å². The molecule has 0 radical (unpaired) electrons. The van der Waals surface area contributed by atoms with Crippen LogP contribution in [0.1, 0.15) is 66.2 Å². The monoisotopic (exact) mass is 255 g/mol. The van der Waals surface area contributed by atoms with Crippen LogP contribution in [-0.2, 0) is 4.74 Å². The summed E-state index contributed by atoms with van der Waals surface area (Å²) >= 11 is 0. The quantitative estimate of drug-likeness (QED) is 0.733. The van der Waals surface area contributed by atoms with Gasteiger partial charge in [0.1, 0.15) is 0 Å². The van der Waals surface area contributed by atoms with Crippen LogP contribution in [0, 0.1) is 5.41 Å². The molecule has 0 bridgehead atoms. The topological polar surface area (TPSA) is 12.5 Å². The van der Waals surface area contributed by atoms with E-state index in [1.165, 1.54) is 51.7 Å². The van der Waals surface area contributed by atoms with Gasteiger partial charge < -0.3 is 9.64 Å². The van der Waals surface area contributed by atoms with Crippen LogP contribution in [0.25, 0.3) is 0 Å². The third kappa shape index (κ3) is 4.24. The smallest absolute Gasteiger partial charge is 0.0585 e. The van der Waals surface area contributed by atoms with Gasteiger partial charge >= 0.3 is 0 Å². The summed E-state index contributed by atoms with van der Waals surface area (Å²) in [6, 6.07) is 0. The first-order valence-corrected chi connectivity index (χ1v) is 8.12. The van der Waals surface area contributed by atoms with Crippen LogP contribution in [0.5, 0.6) is 0 Å². The summed E-state index contributed by atoms with van der Waals surface area (Å²) in [4.78, 5) is 2.63. The van der Waals surface area contributed by atoms with Crippen molar-refractivity contribution in [3.8, 4) is 0 Å². The molecule has 1 saturated heterocycles. The van der Waals surface area contributed by atoms with Crippen molar-refractivity contribution >= 4 is 0 Å². The molecule has 1 saturated carbocycles. The largest absolute Gasteiger partial charge is 0.378 e. The van der Waals surface area contributed by atoms with Crippen molar-refractivity contribution in [2.45, 2.75) is 72.3 Å². The third-order valence-electron chi connectivity index (χ3n) is 4.34. The fraction of sp³-hybridized carbons (Fsp3) is 1.00. The summed E-state index contributed by atoms with van der Waals surface area (Å²) in [5.41, 5.74) is 0.683. The van der Waals surface area contributed by atoms with Crippen LogP contribution in [-0.4, -0.2) is 37.2 Å². The van der Waals surface area contributed by atoms with E-state index in [9.17, 15) is 0 Å². The highest BCUT2D eigenvalue weighted by Gasteiger charge is 2.45. The van der Waals surface area contributed by atoms with Gasteiger partial charge in [-0.05, 0) is 63.6 Å². The van der Waals surface area contributed by atoms with Crippen LogP contribution in [0.4, 0.5) is 0 Å². The van der Waals surface area contributed by atoms with Crippen LogP contribution >= 0.6 is 0 Å². The molecule has 1 spiro atoms. The molecule has 1 aliphatic heterocycles. The van der Waals surface area contributed by atoms with Gasteiger partial charge in [-0.1, -0.05) is 27.7 Å². The molecule has 1 heterocycles. The lowest BCUT2D eigenvalue weighted by Gasteiger charge is -2.52. The molecule has 0 aromatic rings. The van der Waals surface area contributed by atoms with Crippen LogP contribution < -0.4 is 0 Å². The minimum atomic E-state index is 0.595. The zero-order valence-electron chi connectivity index (χ0n) is 13.0. The van der Waals surface area contributed by atoms with Crippen molar-refractivity contribution in [1.82, 2.24) is 4.90 Å². The highest BCUT2D eigenvalue weighted by Crippen LogP contribution is 2.50. The molecule has 0 N–H and O–H groups in total. The Morgan fingerprint density at radius 3 is 2.17 bits per heavy atom. The van der Waals surface area contributed by atoms with E-state index in [1.807, 2.05) is 13.8 Å². The molecular weight excluding hydrogens is 222 g/mol. The number of hydrogen-bond donors (Lipinski definition) is 0. The average Bonchev–Trinajstić information content (AvgIpc) is 2.38. The fourth-order valence-corrected chi connectivity index (χ4v) is 3.28. The second-order valence-electron chi connectivity index (χ2n) is 5.74. The first-order valence-electron chi connectivity index (χ1n) is 8.12. The molecule has 0 amide bonds. The predicted octanol–water partition coefficient (Wildman–Crippen LogP) is 4.09. The first kappa shape index (κ1) is 16.0. The molecule has 2 fully saturated rings. The Balaban J connectivity index is 0.000000771. The summed E-state index contributed by atoms with van der Waals surface area (Å²) < 4.78 is 5.82. The molecule has 2 nitrogen and oxygen atoms in total. The lowest BCUT2D eigenvalue weighted by atomic mass is 9.61. The second-order valence-corrected chi connectivity index (χ2v) is 5.74. The Hall–Kier alpha value is -0.0800. The normalized spacial score (nSPS) is 23.3. The molecule has 0 aromatic heterocycles. The Bertz CT molecular complexity index is 194. The van der Waals surface area contributed by atoms with Gasteiger partial charge in [-0.2, -0.15) is 0 Å². The van der Waals surface area contributed by atoms with Gasteiger partial charge in [0, 0.05) is 6.61 Å². The lowest BCUT2D eigenvalue weighted by molar-refractivity contribution is -0.104. The number of piperidine rings is 1. The van der Waals surface area contributed by atoms with Gasteiger partial charge in [0.15, 0.2) is 0 Å². The number of ether oxygens (including phenoxy) is 1. The van der Waals surface area contributed by atoms with E-state index in [0.29, 0.717) is 11.5 Å². The summed E-state index contributed by atoms with van der Waals surface area (Å²) in [7, 11) is 0. The van der Waals surface area contributed by atoms with Crippen LogP contribution in [0.3, 0.4) is 0 Å². The highest BCUT2D eigenvalue weighted by molar-refractivity contribution is 4.97. The maximum atomic E-state index is 5.82. The lowest BCUT2D eigenvalue weighted by Crippen LogP contribution is -2.50. The molecule has 18 heavy (non-hydrogen) atoms. The molecule has 1 aliphatic carbocycles. The van der Waals surface area contributed by atoms with E-state index in [-0.39, 0.29) is 0 Å². The molecular formula is C16H33NO. The SMILES string of the molecule is CC.CCCOC1CC2(CCN(CCC)CC2)C1. The molecule has 2 rings (SSSR count). The van der Waals surface area contributed by atoms with Gasteiger partial charge in [-0.15, -0.1) is 0 Å². The summed E-state index contributed by atoms with van der Waals surface area (Å²) in [5.74, 6) is 0. The van der Waals surface area contributed by atoms with Gasteiger partial charge in [0.2, 0.25) is 0 Å². The second kappa shape index (κ2) is 8.16. The Kier molecular flexibility index (Phi) is 7.25. The molecule has 0 unspecified atom stereocenters. The summed E-state index contributed by atoms with van der Waals surface area (Å²) in [6.45, 7) is 13.4. The van der Waals surface area contributed by atoms with Gasteiger partial charge in [-0.3, -0.25) is 0 Å². The standard InChI is InChI=1S/C14H27NO.C2H6/c1-3-7-15-8-5-14(6-9-15)11-13(12-14)16-10-4-2;1-2/h13H,3-12H2,1-2H3;1-2H3. The van der Waals surface area contributed by atoms with Crippen LogP contribution in [0.15, 0.2) is 0 Å². The minimum Gasteiger partial charge on any atom is -0.378 e. The highest BCUT2D eigenvalue weighted by atomic mass is 16.5. The fourth-order valence-electron chi connectivity index (χ4n) is 3.28. The zero-order chi connectivity index (χ0) is 13.4. The van der Waals surface area contributed by atoms with Crippen molar-refractivity contribution in [3.05, 3.63) is 0 Å². The summed E-state index contributed by atoms with van der Waals surface area (Å²) in [6.07, 6.45) is 8.57. The van der Waals surface area contributed by atoms with E-state index in [4.69, 9.17) is 4.74 Å². The van der Waals surface area contributed by atoms with Crippen molar-refractivity contribution in [3.63, 3.8) is 0 Å². The first-order chi connectivity index (χ1) is 8.78. The van der Waals surface area contributed by atoms with Crippen molar-refractivity contribution in [2.24, 2.45) is 5.41 Å². The maximum absolute atomic E-state index is 5.82. The van der Waals surface area contributed by atoms with E-state index in [0.717, 1.165) is 13.0 Å². The Morgan fingerprint density at radius 2 is 1.67 bits per heavy atom. The minimum absolute atomic E-state index is 0.595. The number of nitrogens with zero attached hydrogens (tertiary/aromatic N) is 1. The van der Waals surface area contributed by atoms with E-state index < -0.39 is 0 Å². The van der Waals surface area contributed by atoms with Gasteiger partial charge in [0.05, 0.1) is 6.10 Å². The van der Waals surface area contributed by atoms with Crippen molar-refractivity contribution < 1.29 is 4.74 Å². The molecule has 2 heteroatoms. The number of rotatable bonds is 5. The summed E-state index contributed by atoms with van der Waals surface area (Å²) in [5, 5.41) is 0. The van der Waals surface area contributed by atoms with E-state index >= 15 is 0 Å². The van der Waals surface area contributed by atoms with Crippen molar-refractivity contribution in [1.29, 1.82) is 0 Å².